The van der Waals surface area contributed by atoms with Gasteiger partial charge in [-0.15, -0.1) is 10.2 Å². The predicted octanol–water partition coefficient (Wildman–Crippen LogP) is 0.610. The average molecular weight is 284 g/mol. The van der Waals surface area contributed by atoms with E-state index < -0.39 is 10.1 Å². The van der Waals surface area contributed by atoms with E-state index in [0.29, 0.717) is 24.7 Å². The van der Waals surface area contributed by atoms with Gasteiger partial charge < -0.3 is 4.42 Å². The molecule has 2 aromatic rings. The van der Waals surface area contributed by atoms with Gasteiger partial charge in [-0.05, 0) is 0 Å². The molecular formula is C11H14N3O4S+. The zero-order valence-electron chi connectivity index (χ0n) is 10.4. The molecule has 0 spiro atoms. The third kappa shape index (κ3) is 4.11. The van der Waals surface area contributed by atoms with Gasteiger partial charge in [-0.2, -0.15) is 8.42 Å². The van der Waals surface area contributed by atoms with Gasteiger partial charge in [-0.3, -0.25) is 4.55 Å². The fourth-order valence-corrected chi connectivity index (χ4v) is 2.09. The largest absolute Gasteiger partial charge is 0.421 e. The first-order valence-electron chi connectivity index (χ1n) is 5.69. The number of aromatic nitrogens is 3. The highest BCUT2D eigenvalue weighted by atomic mass is 32.2. The topological polar surface area (TPSA) is 97.2 Å². The molecule has 8 heteroatoms. The summed E-state index contributed by atoms with van der Waals surface area (Å²) in [4.78, 5) is 0. The standard InChI is InChI=1S/C11H13N3O4S/c1-9-12-13-11(18-9)10-3-6-14(7-4-10)5-2-8-19(15,16)17/h3-4,6-7H,2,5,8H2,1H3/p+1. The van der Waals surface area contributed by atoms with E-state index in [4.69, 9.17) is 8.97 Å². The van der Waals surface area contributed by atoms with Crippen LogP contribution >= 0.6 is 0 Å². The number of nitrogens with zero attached hydrogens (tertiary/aromatic N) is 3. The minimum absolute atomic E-state index is 0.245. The average Bonchev–Trinajstić information content (AvgIpc) is 2.75. The van der Waals surface area contributed by atoms with Crippen LogP contribution in [0.1, 0.15) is 12.3 Å². The van der Waals surface area contributed by atoms with E-state index in [1.165, 1.54) is 0 Å². The molecule has 2 rings (SSSR count). The zero-order chi connectivity index (χ0) is 13.9. The second-order valence-corrected chi connectivity index (χ2v) is 5.66. The highest BCUT2D eigenvalue weighted by molar-refractivity contribution is 7.85. The summed E-state index contributed by atoms with van der Waals surface area (Å²) in [5.74, 6) is 0.701. The molecule has 0 saturated heterocycles. The fraction of sp³-hybridized carbons (Fsp3) is 0.364. The summed E-state index contributed by atoms with van der Waals surface area (Å²) in [5.41, 5.74) is 0.798. The second-order valence-electron chi connectivity index (χ2n) is 4.09. The fourth-order valence-electron chi connectivity index (χ4n) is 1.59. The summed E-state index contributed by atoms with van der Waals surface area (Å²) < 4.78 is 36.9. The van der Waals surface area contributed by atoms with Gasteiger partial charge in [0.1, 0.15) is 6.54 Å². The van der Waals surface area contributed by atoms with Gasteiger partial charge in [0.15, 0.2) is 12.4 Å². The van der Waals surface area contributed by atoms with Crippen molar-refractivity contribution in [3.8, 4) is 11.5 Å². The molecule has 102 valence electrons. The summed E-state index contributed by atoms with van der Waals surface area (Å²) >= 11 is 0. The Morgan fingerprint density at radius 3 is 2.53 bits per heavy atom. The van der Waals surface area contributed by atoms with Crippen molar-refractivity contribution in [1.82, 2.24) is 10.2 Å². The first-order chi connectivity index (χ1) is 8.94. The SMILES string of the molecule is Cc1nnc(-c2cc[n+](CCCS(=O)(=O)O)cc2)o1. The van der Waals surface area contributed by atoms with E-state index in [1.54, 1.807) is 31.5 Å². The Hall–Kier alpha value is -1.80. The van der Waals surface area contributed by atoms with E-state index >= 15 is 0 Å². The molecule has 0 aliphatic rings. The van der Waals surface area contributed by atoms with Gasteiger partial charge in [0.2, 0.25) is 11.8 Å². The summed E-state index contributed by atoms with van der Waals surface area (Å²) in [6, 6.07) is 3.61. The quantitative estimate of drug-likeness (QED) is 0.638. The van der Waals surface area contributed by atoms with Gasteiger partial charge >= 0.3 is 0 Å². The molecule has 1 N–H and O–H groups in total. The Morgan fingerprint density at radius 1 is 1.32 bits per heavy atom. The third-order valence-corrected chi connectivity index (χ3v) is 3.29. The van der Waals surface area contributed by atoms with Crippen molar-refractivity contribution in [2.75, 3.05) is 5.75 Å². The first kappa shape index (κ1) is 13.6. The number of aryl methyl sites for hydroxylation is 2. The Bertz CT molecular complexity index is 649. The number of rotatable bonds is 5. The first-order valence-corrected chi connectivity index (χ1v) is 7.30. The second kappa shape index (κ2) is 5.45. The van der Waals surface area contributed by atoms with Crippen molar-refractivity contribution in [2.45, 2.75) is 19.9 Å². The van der Waals surface area contributed by atoms with Crippen molar-refractivity contribution in [3.05, 3.63) is 30.4 Å². The summed E-state index contributed by atoms with van der Waals surface area (Å²) in [6.07, 6.45) is 3.93. The van der Waals surface area contributed by atoms with E-state index in [-0.39, 0.29) is 5.75 Å². The maximum absolute atomic E-state index is 10.6. The van der Waals surface area contributed by atoms with Crippen LogP contribution in [0.2, 0.25) is 0 Å². The number of hydrogen-bond acceptors (Lipinski definition) is 5. The molecule has 0 fully saturated rings. The summed E-state index contributed by atoms with van der Waals surface area (Å²) in [7, 11) is -3.89. The highest BCUT2D eigenvalue weighted by Crippen LogP contribution is 2.15. The van der Waals surface area contributed by atoms with Crippen LogP contribution in [-0.2, 0) is 16.7 Å². The van der Waals surface area contributed by atoms with Crippen LogP contribution in [0.25, 0.3) is 11.5 Å². The molecule has 19 heavy (non-hydrogen) atoms. The van der Waals surface area contributed by atoms with Crippen LogP contribution in [0, 0.1) is 6.92 Å². The van der Waals surface area contributed by atoms with Gasteiger partial charge in [0.05, 0.1) is 11.3 Å². The van der Waals surface area contributed by atoms with Crippen LogP contribution < -0.4 is 4.57 Å². The Morgan fingerprint density at radius 2 is 2.00 bits per heavy atom. The smallest absolute Gasteiger partial charge is 0.265 e. The van der Waals surface area contributed by atoms with E-state index in [9.17, 15) is 8.42 Å². The molecule has 2 aromatic heterocycles. The van der Waals surface area contributed by atoms with Crippen molar-refractivity contribution in [3.63, 3.8) is 0 Å². The van der Waals surface area contributed by atoms with Gasteiger partial charge in [-0.1, -0.05) is 0 Å². The monoisotopic (exact) mass is 284 g/mol. The summed E-state index contributed by atoms with van der Waals surface area (Å²) in [6.45, 7) is 2.22. The lowest BCUT2D eigenvalue weighted by Gasteiger charge is -1.97. The minimum Gasteiger partial charge on any atom is -0.421 e. The lowest BCUT2D eigenvalue weighted by molar-refractivity contribution is -0.696. The molecule has 0 saturated carbocycles. The molecular weight excluding hydrogens is 270 g/mol. The Balaban J connectivity index is 1.99. The molecule has 0 atom stereocenters. The lowest BCUT2D eigenvalue weighted by Crippen LogP contribution is -2.33. The lowest BCUT2D eigenvalue weighted by atomic mass is 10.2. The predicted molar refractivity (Wildman–Crippen MR) is 65.7 cm³/mol. The highest BCUT2D eigenvalue weighted by Gasteiger charge is 2.10. The van der Waals surface area contributed by atoms with Crippen LogP contribution in [-0.4, -0.2) is 28.9 Å². The van der Waals surface area contributed by atoms with Crippen molar-refractivity contribution in [1.29, 1.82) is 0 Å². The Kier molecular flexibility index (Phi) is 3.91. The van der Waals surface area contributed by atoms with Crippen molar-refractivity contribution in [2.24, 2.45) is 0 Å². The molecule has 0 unspecified atom stereocenters. The Labute approximate surface area is 110 Å². The maximum Gasteiger partial charge on any atom is 0.265 e. The van der Waals surface area contributed by atoms with E-state index in [1.807, 2.05) is 4.57 Å². The molecule has 0 radical (unpaired) electrons. The number of hydrogen-bond donors (Lipinski definition) is 1. The molecule has 0 amide bonds. The zero-order valence-corrected chi connectivity index (χ0v) is 11.2. The molecule has 2 heterocycles. The van der Waals surface area contributed by atoms with Crippen LogP contribution in [0.4, 0.5) is 0 Å². The van der Waals surface area contributed by atoms with Crippen LogP contribution in [0.5, 0.6) is 0 Å². The van der Waals surface area contributed by atoms with E-state index in [2.05, 4.69) is 10.2 Å². The summed E-state index contributed by atoms with van der Waals surface area (Å²) in [5, 5.41) is 7.65. The molecule has 0 aliphatic heterocycles. The van der Waals surface area contributed by atoms with Crippen molar-refractivity contribution >= 4 is 10.1 Å². The molecule has 0 aromatic carbocycles. The minimum atomic E-state index is -3.89. The number of pyridine rings is 1. The molecule has 0 aliphatic carbocycles. The third-order valence-electron chi connectivity index (χ3n) is 2.48. The van der Waals surface area contributed by atoms with Crippen LogP contribution in [0.3, 0.4) is 0 Å². The van der Waals surface area contributed by atoms with E-state index in [0.717, 1.165) is 5.56 Å². The van der Waals surface area contributed by atoms with Gasteiger partial charge in [0.25, 0.3) is 10.1 Å². The van der Waals surface area contributed by atoms with Gasteiger partial charge in [-0.25, -0.2) is 4.57 Å². The maximum atomic E-state index is 10.6. The van der Waals surface area contributed by atoms with Crippen LogP contribution in [0.15, 0.2) is 28.9 Å². The normalized spacial score (nSPS) is 11.7. The van der Waals surface area contributed by atoms with Crippen molar-refractivity contribution < 1.29 is 22.0 Å². The van der Waals surface area contributed by atoms with Gasteiger partial charge in [0, 0.05) is 25.5 Å². The molecule has 7 nitrogen and oxygen atoms in total. The molecule has 0 bridgehead atoms.